The third-order valence-electron chi connectivity index (χ3n) is 2.24. The number of rotatable bonds is 4. The zero-order chi connectivity index (χ0) is 10.7. The number of unbranched alkanes of at least 4 members (excludes halogenated alkanes) is 1. The Morgan fingerprint density at radius 3 is 2.93 bits per heavy atom. The van der Waals surface area contributed by atoms with Gasteiger partial charge in [0.15, 0.2) is 5.65 Å². The van der Waals surface area contributed by atoms with E-state index in [1.165, 1.54) is 4.68 Å². The lowest BCUT2D eigenvalue weighted by molar-refractivity contribution is 0.555. The fraction of sp³-hybridized carbons (Fsp3) is 0.400. The van der Waals surface area contributed by atoms with Crippen LogP contribution in [-0.2, 0) is 6.54 Å². The van der Waals surface area contributed by atoms with E-state index in [1.54, 1.807) is 10.6 Å². The number of hydrogen-bond donors (Lipinski definition) is 0. The van der Waals surface area contributed by atoms with Crippen LogP contribution in [0, 0.1) is 0 Å². The molecule has 0 aliphatic heterocycles. The van der Waals surface area contributed by atoms with E-state index < -0.39 is 0 Å². The molecule has 0 amide bonds. The zero-order valence-electron chi connectivity index (χ0n) is 8.27. The molecule has 2 aromatic rings. The van der Waals surface area contributed by atoms with Gasteiger partial charge in [0.05, 0.1) is 0 Å². The standard InChI is InChI=1S/C10H12ClN3O/c11-6-2-4-8-14-10(15)13-7-3-1-5-9(13)12-14/h1,3,5,7H,2,4,6,8H2. The molecule has 0 bridgehead atoms. The van der Waals surface area contributed by atoms with Gasteiger partial charge in [-0.2, -0.15) is 0 Å². The van der Waals surface area contributed by atoms with Crippen LogP contribution < -0.4 is 5.69 Å². The Bertz CT molecular complexity index is 503. The predicted octanol–water partition coefficient (Wildman–Crippen LogP) is 1.51. The maximum Gasteiger partial charge on any atom is 0.350 e. The van der Waals surface area contributed by atoms with E-state index in [0.29, 0.717) is 18.1 Å². The normalized spacial score (nSPS) is 11.0. The largest absolute Gasteiger partial charge is 0.350 e. The first-order chi connectivity index (χ1) is 7.33. The fourth-order valence-electron chi connectivity index (χ4n) is 1.47. The average molecular weight is 226 g/mol. The first kappa shape index (κ1) is 10.2. The van der Waals surface area contributed by atoms with Gasteiger partial charge in [-0.25, -0.2) is 9.48 Å². The van der Waals surface area contributed by atoms with Crippen LogP contribution in [0.3, 0.4) is 0 Å². The molecule has 0 saturated heterocycles. The van der Waals surface area contributed by atoms with Crippen LogP contribution in [0.5, 0.6) is 0 Å². The van der Waals surface area contributed by atoms with Crippen molar-refractivity contribution in [1.82, 2.24) is 14.2 Å². The van der Waals surface area contributed by atoms with Gasteiger partial charge < -0.3 is 0 Å². The van der Waals surface area contributed by atoms with Crippen molar-refractivity contribution in [3.05, 3.63) is 34.9 Å². The number of alkyl halides is 1. The Hall–Kier alpha value is -1.29. The summed E-state index contributed by atoms with van der Waals surface area (Å²) in [5.41, 5.74) is 0.605. The minimum Gasteiger partial charge on any atom is -0.250 e. The summed E-state index contributed by atoms with van der Waals surface area (Å²) in [6.45, 7) is 0.632. The molecule has 0 radical (unpaired) electrons. The van der Waals surface area contributed by atoms with Crippen LogP contribution in [-0.4, -0.2) is 20.1 Å². The second-order valence-corrected chi connectivity index (χ2v) is 3.71. The molecule has 0 N–H and O–H groups in total. The van der Waals surface area contributed by atoms with Crippen LogP contribution in [0.4, 0.5) is 0 Å². The van der Waals surface area contributed by atoms with Crippen LogP contribution in [0.1, 0.15) is 12.8 Å². The minimum atomic E-state index is -0.0832. The second kappa shape index (κ2) is 4.49. The van der Waals surface area contributed by atoms with Gasteiger partial charge in [0.1, 0.15) is 0 Å². The highest BCUT2D eigenvalue weighted by Crippen LogP contribution is 1.98. The lowest BCUT2D eigenvalue weighted by Crippen LogP contribution is -2.21. The molecule has 0 atom stereocenters. The Balaban J connectivity index is 2.28. The Morgan fingerprint density at radius 2 is 2.20 bits per heavy atom. The molecule has 15 heavy (non-hydrogen) atoms. The molecular formula is C10H12ClN3O. The molecule has 2 heterocycles. The van der Waals surface area contributed by atoms with Crippen molar-refractivity contribution >= 4 is 17.2 Å². The molecule has 0 saturated carbocycles. The van der Waals surface area contributed by atoms with Crippen molar-refractivity contribution in [1.29, 1.82) is 0 Å². The number of pyridine rings is 1. The van der Waals surface area contributed by atoms with E-state index in [1.807, 2.05) is 18.2 Å². The quantitative estimate of drug-likeness (QED) is 0.585. The van der Waals surface area contributed by atoms with Gasteiger partial charge in [-0.15, -0.1) is 16.7 Å². The molecule has 80 valence electrons. The van der Waals surface area contributed by atoms with Crippen molar-refractivity contribution in [2.75, 3.05) is 5.88 Å². The maximum atomic E-state index is 11.8. The summed E-state index contributed by atoms with van der Waals surface area (Å²) in [4.78, 5) is 11.8. The molecular weight excluding hydrogens is 214 g/mol. The summed E-state index contributed by atoms with van der Waals surface area (Å²) in [6, 6.07) is 5.50. The first-order valence-corrected chi connectivity index (χ1v) is 5.46. The van der Waals surface area contributed by atoms with Gasteiger partial charge in [-0.1, -0.05) is 6.07 Å². The van der Waals surface area contributed by atoms with Gasteiger partial charge in [-0.3, -0.25) is 4.40 Å². The van der Waals surface area contributed by atoms with Gasteiger partial charge in [-0.05, 0) is 25.0 Å². The highest BCUT2D eigenvalue weighted by molar-refractivity contribution is 6.17. The van der Waals surface area contributed by atoms with Crippen molar-refractivity contribution in [2.24, 2.45) is 0 Å². The van der Waals surface area contributed by atoms with Gasteiger partial charge in [0.25, 0.3) is 0 Å². The molecule has 0 spiro atoms. The lowest BCUT2D eigenvalue weighted by atomic mass is 10.3. The lowest BCUT2D eigenvalue weighted by Gasteiger charge is -1.95. The Labute approximate surface area is 92.1 Å². The predicted molar refractivity (Wildman–Crippen MR) is 59.4 cm³/mol. The molecule has 2 aromatic heterocycles. The number of hydrogen-bond acceptors (Lipinski definition) is 2. The third-order valence-corrected chi connectivity index (χ3v) is 2.51. The molecule has 0 aromatic carbocycles. The Kier molecular flexibility index (Phi) is 3.06. The SMILES string of the molecule is O=c1n(CCCCCl)nc2ccccn12. The van der Waals surface area contributed by atoms with Crippen LogP contribution in [0.2, 0.25) is 0 Å². The van der Waals surface area contributed by atoms with Crippen LogP contribution in [0.15, 0.2) is 29.2 Å². The summed E-state index contributed by atoms with van der Waals surface area (Å²) in [7, 11) is 0. The van der Waals surface area contributed by atoms with Crippen molar-refractivity contribution in [3.8, 4) is 0 Å². The van der Waals surface area contributed by atoms with Crippen molar-refractivity contribution in [3.63, 3.8) is 0 Å². The summed E-state index contributed by atoms with van der Waals surface area (Å²) in [6.07, 6.45) is 3.51. The number of aromatic nitrogens is 3. The monoisotopic (exact) mass is 225 g/mol. The fourth-order valence-corrected chi connectivity index (χ4v) is 1.66. The van der Waals surface area contributed by atoms with E-state index in [9.17, 15) is 4.79 Å². The van der Waals surface area contributed by atoms with Gasteiger partial charge in [0.2, 0.25) is 0 Å². The van der Waals surface area contributed by atoms with Crippen LogP contribution in [0.25, 0.3) is 5.65 Å². The molecule has 2 rings (SSSR count). The summed E-state index contributed by atoms with van der Waals surface area (Å²) in [5, 5.41) is 4.21. The number of halogens is 1. The number of aryl methyl sites for hydroxylation is 1. The van der Waals surface area contributed by atoms with E-state index in [-0.39, 0.29) is 5.69 Å². The van der Waals surface area contributed by atoms with Gasteiger partial charge in [0, 0.05) is 18.6 Å². The van der Waals surface area contributed by atoms with Crippen molar-refractivity contribution in [2.45, 2.75) is 19.4 Å². The van der Waals surface area contributed by atoms with Gasteiger partial charge >= 0.3 is 5.69 Å². The zero-order valence-corrected chi connectivity index (χ0v) is 9.02. The molecule has 0 aliphatic carbocycles. The number of fused-ring (bicyclic) bond motifs is 1. The molecule has 0 unspecified atom stereocenters. The smallest absolute Gasteiger partial charge is 0.250 e. The molecule has 5 heteroatoms. The third kappa shape index (κ3) is 2.04. The first-order valence-electron chi connectivity index (χ1n) is 4.93. The summed E-state index contributed by atoms with van der Waals surface area (Å²) >= 11 is 5.57. The van der Waals surface area contributed by atoms with E-state index in [2.05, 4.69) is 5.10 Å². The Morgan fingerprint density at radius 1 is 1.33 bits per heavy atom. The highest BCUT2D eigenvalue weighted by Gasteiger charge is 2.04. The van der Waals surface area contributed by atoms with Crippen molar-refractivity contribution < 1.29 is 0 Å². The molecule has 0 fully saturated rings. The highest BCUT2D eigenvalue weighted by atomic mass is 35.5. The maximum absolute atomic E-state index is 11.8. The molecule has 0 aliphatic rings. The van der Waals surface area contributed by atoms with Crippen LogP contribution >= 0.6 is 11.6 Å². The minimum absolute atomic E-state index is 0.0832. The number of nitrogens with zero attached hydrogens (tertiary/aromatic N) is 3. The summed E-state index contributed by atoms with van der Waals surface area (Å²) in [5.74, 6) is 0.627. The summed E-state index contributed by atoms with van der Waals surface area (Å²) < 4.78 is 3.03. The second-order valence-electron chi connectivity index (χ2n) is 3.33. The van der Waals surface area contributed by atoms with E-state index in [0.717, 1.165) is 12.8 Å². The van der Waals surface area contributed by atoms with E-state index >= 15 is 0 Å². The molecule has 4 nitrogen and oxygen atoms in total. The average Bonchev–Trinajstić information content (AvgIpc) is 2.57. The topological polar surface area (TPSA) is 39.3 Å². The van der Waals surface area contributed by atoms with E-state index in [4.69, 9.17) is 11.6 Å².